The number of hydrogen-bond acceptors (Lipinski definition) is 11. The first kappa shape index (κ1) is 52.0. The summed E-state index contributed by atoms with van der Waals surface area (Å²) in [5.74, 6) is -6.40. The van der Waals surface area contributed by atoms with Gasteiger partial charge in [0, 0.05) is 86.2 Å². The van der Waals surface area contributed by atoms with E-state index in [-0.39, 0.29) is 58.0 Å². The molecule has 384 valence electrons. The average molecular weight is 993 g/mol. The van der Waals surface area contributed by atoms with Crippen LogP contribution in [0.1, 0.15) is 83.2 Å². The summed E-state index contributed by atoms with van der Waals surface area (Å²) >= 11 is 0. The molecule has 10 N–H and O–H groups in total. The number of nitrogens with zero attached hydrogens (tertiary/aromatic N) is 5. The molecule has 23 nitrogen and oxygen atoms in total. The molecule has 3 fully saturated rings. The molecule has 7 rings (SSSR count). The Morgan fingerprint density at radius 1 is 0.653 bits per heavy atom. The first-order valence-corrected chi connectivity index (χ1v) is 24.3. The lowest BCUT2D eigenvalue weighted by atomic mass is 10.0. The number of fused-ring (bicyclic) bond motifs is 3. The maximum Gasteiger partial charge on any atom is 0.245 e. The SMILES string of the molecule is CC(C)=CCn1cc(CC2NC(=O)C3CCCN3C(=O)C(CCC(N)=O)NC(=O)C(Cc3cnc[nH]3)NC(=O)C3CCCN3C(=O)C(C)NC(=O)C(C)NC(=O)C(Cc3cnc[nH]3)NC2=O)c2ccccc21. The van der Waals surface area contributed by atoms with Crippen molar-refractivity contribution in [3.63, 3.8) is 0 Å². The Morgan fingerprint density at radius 3 is 1.72 bits per heavy atom. The van der Waals surface area contributed by atoms with Crippen LogP contribution >= 0.6 is 0 Å². The van der Waals surface area contributed by atoms with Gasteiger partial charge < -0.3 is 62.0 Å². The second kappa shape index (κ2) is 23.4. The Hall–Kier alpha value is -7.85. The number of amides is 9. The van der Waals surface area contributed by atoms with Gasteiger partial charge in [-0.25, -0.2) is 9.97 Å². The number of carbonyl (C=O) groups is 9. The molecule has 8 atom stereocenters. The summed E-state index contributed by atoms with van der Waals surface area (Å²) in [6.45, 7) is 7.62. The molecule has 3 saturated heterocycles. The fraction of sp³-hybridized carbons (Fsp3) is 0.490. The zero-order valence-electron chi connectivity index (χ0n) is 40.9. The van der Waals surface area contributed by atoms with Crippen molar-refractivity contribution in [3.8, 4) is 0 Å². The zero-order chi connectivity index (χ0) is 51.6. The van der Waals surface area contributed by atoms with Crippen molar-refractivity contribution in [2.24, 2.45) is 5.73 Å². The second-order valence-electron chi connectivity index (χ2n) is 19.0. The van der Waals surface area contributed by atoms with E-state index >= 15 is 0 Å². The second-order valence-corrected chi connectivity index (χ2v) is 19.0. The van der Waals surface area contributed by atoms with E-state index in [1.807, 2.05) is 48.9 Å². The van der Waals surface area contributed by atoms with Gasteiger partial charge in [0.2, 0.25) is 53.2 Å². The maximum atomic E-state index is 14.8. The predicted octanol–water partition coefficient (Wildman–Crippen LogP) is -0.709. The van der Waals surface area contributed by atoms with Gasteiger partial charge in [-0.1, -0.05) is 29.8 Å². The highest BCUT2D eigenvalue weighted by Crippen LogP contribution is 2.25. The Labute approximate surface area is 415 Å². The third-order valence-electron chi connectivity index (χ3n) is 13.3. The molecule has 9 amide bonds. The van der Waals surface area contributed by atoms with Gasteiger partial charge in [-0.05, 0) is 71.4 Å². The Balaban J connectivity index is 1.26. The van der Waals surface area contributed by atoms with E-state index in [0.29, 0.717) is 36.3 Å². The van der Waals surface area contributed by atoms with Gasteiger partial charge in [0.05, 0.1) is 12.7 Å². The van der Waals surface area contributed by atoms with E-state index in [9.17, 15) is 43.2 Å². The van der Waals surface area contributed by atoms with Crippen LogP contribution in [0, 0.1) is 0 Å². The van der Waals surface area contributed by atoms with Gasteiger partial charge in [-0.15, -0.1) is 0 Å². The molecule has 72 heavy (non-hydrogen) atoms. The number of primary amides is 1. The number of aromatic nitrogens is 5. The zero-order valence-corrected chi connectivity index (χ0v) is 40.9. The highest BCUT2D eigenvalue weighted by molar-refractivity contribution is 5.99. The van der Waals surface area contributed by atoms with Gasteiger partial charge in [-0.2, -0.15) is 0 Å². The number of nitrogens with two attached hydrogens (primary N) is 1. The standard InChI is InChI=1S/C49H64N14O9/c1-27(2)15-18-61-24-30(33-9-5-6-10-38(33)61)19-35-44(67)58-36(20-31-22-51-25-53-31)43(66)55-28(3)42(65)56-29(4)48(71)62-16-7-11-39(62)46(69)60-37(21-32-23-52-26-54-32)45(68)57-34(13-14-41(50)64)49(72)63-17-8-12-40(63)47(70)59-35/h5-6,9-10,15,22-26,28-29,34-37,39-40H,7-8,11-14,16-21H2,1-4H3,(H2,50,64)(H,51,53)(H,52,54)(H,55,66)(H,56,65)(H,57,68)(H,58,67)(H,59,70)(H,60,69). The van der Waals surface area contributed by atoms with Crippen LogP contribution in [-0.4, -0.2) is 149 Å². The number of benzene rings is 1. The molecule has 8 unspecified atom stereocenters. The molecule has 3 aliphatic rings. The molecule has 0 spiro atoms. The Kier molecular flexibility index (Phi) is 16.9. The molecular weight excluding hydrogens is 929 g/mol. The number of rotatable bonds is 11. The van der Waals surface area contributed by atoms with Crippen molar-refractivity contribution in [3.05, 3.63) is 84.1 Å². The Morgan fingerprint density at radius 2 is 1.17 bits per heavy atom. The van der Waals surface area contributed by atoms with Crippen LogP contribution in [0.2, 0.25) is 0 Å². The summed E-state index contributed by atoms with van der Waals surface area (Å²) in [5.41, 5.74) is 9.16. The summed E-state index contributed by atoms with van der Waals surface area (Å²) in [6.07, 6.45) is 10.1. The van der Waals surface area contributed by atoms with Gasteiger partial charge in [0.25, 0.3) is 0 Å². The van der Waals surface area contributed by atoms with Crippen molar-refractivity contribution < 1.29 is 43.2 Å². The highest BCUT2D eigenvalue weighted by Gasteiger charge is 2.42. The van der Waals surface area contributed by atoms with Crippen LogP contribution in [0.5, 0.6) is 0 Å². The smallest absolute Gasteiger partial charge is 0.245 e. The van der Waals surface area contributed by atoms with Crippen molar-refractivity contribution in [1.29, 1.82) is 0 Å². The molecule has 1 aromatic carbocycles. The molecule has 0 aliphatic carbocycles. The van der Waals surface area contributed by atoms with Crippen LogP contribution < -0.4 is 37.6 Å². The molecule has 0 bridgehead atoms. The van der Waals surface area contributed by atoms with Crippen molar-refractivity contribution >= 4 is 64.1 Å². The van der Waals surface area contributed by atoms with Crippen molar-refractivity contribution in [1.82, 2.24) is 66.2 Å². The molecule has 3 aliphatic heterocycles. The largest absolute Gasteiger partial charge is 0.370 e. The van der Waals surface area contributed by atoms with Crippen molar-refractivity contribution in [2.45, 2.75) is 140 Å². The summed E-state index contributed by atoms with van der Waals surface area (Å²) in [6, 6.07) is -2.32. The normalized spacial score (nSPS) is 25.3. The van der Waals surface area contributed by atoms with Crippen molar-refractivity contribution in [2.75, 3.05) is 13.1 Å². The number of para-hydroxylation sites is 1. The number of H-pyrrole nitrogens is 2. The molecule has 0 radical (unpaired) electrons. The van der Waals surface area contributed by atoms with E-state index in [2.05, 4.69) is 57.9 Å². The number of imidazole rings is 2. The number of aromatic amines is 2. The minimum Gasteiger partial charge on any atom is -0.370 e. The fourth-order valence-electron chi connectivity index (χ4n) is 9.46. The number of nitrogens with one attached hydrogen (secondary N) is 8. The van der Waals surface area contributed by atoms with Gasteiger partial charge in [0.15, 0.2) is 0 Å². The number of hydrogen-bond donors (Lipinski definition) is 9. The lowest BCUT2D eigenvalue weighted by Gasteiger charge is -2.32. The Bertz CT molecular complexity index is 2680. The topological polar surface area (TPSA) is 321 Å². The van der Waals surface area contributed by atoms with E-state index in [1.54, 1.807) is 0 Å². The molecule has 0 saturated carbocycles. The van der Waals surface area contributed by atoms with Crippen LogP contribution in [0.15, 0.2) is 67.2 Å². The molecule has 6 heterocycles. The van der Waals surface area contributed by atoms with Gasteiger partial charge in [0.1, 0.15) is 48.3 Å². The summed E-state index contributed by atoms with van der Waals surface area (Å²) < 4.78 is 2.03. The number of carbonyl (C=O) groups excluding carboxylic acids is 9. The van der Waals surface area contributed by atoms with E-state index in [4.69, 9.17) is 5.73 Å². The van der Waals surface area contributed by atoms with Crippen LogP contribution in [0.25, 0.3) is 10.9 Å². The highest BCUT2D eigenvalue weighted by atomic mass is 16.2. The van der Waals surface area contributed by atoms with Crippen LogP contribution in [0.4, 0.5) is 0 Å². The third-order valence-corrected chi connectivity index (χ3v) is 13.3. The lowest BCUT2D eigenvalue weighted by Crippen LogP contribution is -2.61. The minimum absolute atomic E-state index is 0.0533. The monoisotopic (exact) mass is 992 g/mol. The van der Waals surface area contributed by atoms with E-state index in [0.717, 1.165) is 16.5 Å². The average Bonchev–Trinajstić information content (AvgIpc) is 4.22. The first-order valence-electron chi connectivity index (χ1n) is 24.3. The number of allylic oxidation sites excluding steroid dienone is 2. The van der Waals surface area contributed by atoms with Crippen LogP contribution in [-0.2, 0) is 69.0 Å². The molecule has 23 heteroatoms. The van der Waals surface area contributed by atoms with Crippen LogP contribution in [0.3, 0.4) is 0 Å². The predicted molar refractivity (Wildman–Crippen MR) is 260 cm³/mol. The molecular formula is C49H64N14O9. The molecule has 3 aromatic heterocycles. The first-order chi connectivity index (χ1) is 34.5. The van der Waals surface area contributed by atoms with Gasteiger partial charge in [-0.3, -0.25) is 43.2 Å². The van der Waals surface area contributed by atoms with Gasteiger partial charge >= 0.3 is 0 Å². The lowest BCUT2D eigenvalue weighted by molar-refractivity contribution is -0.143. The van der Waals surface area contributed by atoms with E-state index in [1.165, 1.54) is 48.7 Å². The van der Waals surface area contributed by atoms with E-state index < -0.39 is 101 Å². The third kappa shape index (κ3) is 12.7. The maximum absolute atomic E-state index is 14.8. The summed E-state index contributed by atoms with van der Waals surface area (Å²) in [4.78, 5) is 143. The quantitative estimate of drug-likeness (QED) is 0.0846. The fourth-order valence-corrected chi connectivity index (χ4v) is 9.46. The summed E-state index contributed by atoms with van der Waals surface area (Å²) in [7, 11) is 0. The molecule has 4 aromatic rings. The summed E-state index contributed by atoms with van der Waals surface area (Å²) in [5, 5.41) is 17.3. The minimum atomic E-state index is -1.39.